The number of halogens is 1. The molecule has 0 aliphatic carbocycles. The number of nitrogens with zero attached hydrogens (tertiary/aromatic N) is 5. The molecule has 4 aromatic rings. The lowest BCUT2D eigenvalue weighted by atomic mass is 10.2. The highest BCUT2D eigenvalue weighted by Gasteiger charge is 2.17. The van der Waals surface area contributed by atoms with Crippen molar-refractivity contribution in [1.82, 2.24) is 19.3 Å². The van der Waals surface area contributed by atoms with Crippen LogP contribution in [-0.2, 0) is 6.54 Å². The highest BCUT2D eigenvalue weighted by molar-refractivity contribution is 6.30. The molecule has 140 valence electrons. The maximum absolute atomic E-state index is 12.8. The van der Waals surface area contributed by atoms with Gasteiger partial charge in [0.1, 0.15) is 5.15 Å². The summed E-state index contributed by atoms with van der Waals surface area (Å²) in [5, 5.41) is 16.1. The van der Waals surface area contributed by atoms with Crippen LogP contribution < -0.4 is 5.56 Å². The molecule has 0 fully saturated rings. The smallest absolute Gasteiger partial charge is 0.271 e. The van der Waals surface area contributed by atoms with E-state index >= 15 is 0 Å². The third-order valence-electron chi connectivity index (χ3n) is 4.47. The number of nitro benzene ring substituents is 1. The maximum atomic E-state index is 12.8. The summed E-state index contributed by atoms with van der Waals surface area (Å²) >= 11 is 6.53. The molecule has 4 rings (SSSR count). The minimum absolute atomic E-state index is 0.111. The third kappa shape index (κ3) is 3.03. The molecule has 0 aliphatic rings. The van der Waals surface area contributed by atoms with E-state index in [2.05, 4.69) is 10.1 Å². The fraction of sp³-hybridized carbons (Fsp3) is 0.105. The molecule has 2 aromatic carbocycles. The van der Waals surface area contributed by atoms with Crippen molar-refractivity contribution in [3.05, 3.63) is 91.7 Å². The Balaban J connectivity index is 1.76. The third-order valence-corrected chi connectivity index (χ3v) is 4.86. The number of benzene rings is 2. The quantitative estimate of drug-likeness (QED) is 0.389. The van der Waals surface area contributed by atoms with Gasteiger partial charge in [-0.3, -0.25) is 19.5 Å². The highest BCUT2D eigenvalue weighted by atomic mass is 35.5. The summed E-state index contributed by atoms with van der Waals surface area (Å²) in [6.07, 6.45) is 1.37. The van der Waals surface area contributed by atoms with Gasteiger partial charge >= 0.3 is 0 Å². The first-order valence-corrected chi connectivity index (χ1v) is 8.76. The van der Waals surface area contributed by atoms with Crippen molar-refractivity contribution in [1.29, 1.82) is 0 Å². The van der Waals surface area contributed by atoms with Crippen LogP contribution in [0.1, 0.15) is 11.3 Å². The summed E-state index contributed by atoms with van der Waals surface area (Å²) in [7, 11) is 0. The van der Waals surface area contributed by atoms with Crippen molar-refractivity contribution >= 4 is 28.2 Å². The van der Waals surface area contributed by atoms with Crippen LogP contribution in [0.4, 0.5) is 5.69 Å². The van der Waals surface area contributed by atoms with Gasteiger partial charge in [0.15, 0.2) is 0 Å². The van der Waals surface area contributed by atoms with Gasteiger partial charge in [-0.15, -0.1) is 0 Å². The molecular weight excluding hydrogens is 382 g/mol. The van der Waals surface area contributed by atoms with E-state index < -0.39 is 4.92 Å². The summed E-state index contributed by atoms with van der Waals surface area (Å²) < 4.78 is 3.04. The van der Waals surface area contributed by atoms with Gasteiger partial charge in [0.2, 0.25) is 0 Å². The Labute approximate surface area is 163 Å². The molecule has 9 heteroatoms. The van der Waals surface area contributed by atoms with Gasteiger partial charge in [0.25, 0.3) is 11.2 Å². The second-order valence-corrected chi connectivity index (χ2v) is 6.60. The number of aryl methyl sites for hydroxylation is 1. The van der Waals surface area contributed by atoms with Crippen LogP contribution in [0.25, 0.3) is 16.6 Å². The second-order valence-electron chi connectivity index (χ2n) is 6.24. The standard InChI is InChI=1S/C19H14ClN5O3/c1-12-16(18(20)24(22-12)13-5-3-2-4-6-13)10-23-11-21-17-9-14(25(27)28)7-8-15(17)19(23)26/h2-9,11H,10H2,1H3. The van der Waals surface area contributed by atoms with Crippen LogP contribution in [0, 0.1) is 17.0 Å². The average Bonchev–Trinajstić information content (AvgIpc) is 2.98. The fourth-order valence-corrected chi connectivity index (χ4v) is 3.33. The molecule has 0 atom stereocenters. The molecule has 0 saturated carbocycles. The largest absolute Gasteiger partial charge is 0.294 e. The molecule has 8 nitrogen and oxygen atoms in total. The van der Waals surface area contributed by atoms with E-state index in [-0.39, 0.29) is 23.3 Å². The van der Waals surface area contributed by atoms with Crippen LogP contribution in [0.15, 0.2) is 59.7 Å². The highest BCUT2D eigenvalue weighted by Crippen LogP contribution is 2.24. The van der Waals surface area contributed by atoms with Gasteiger partial charge in [0.05, 0.1) is 40.1 Å². The van der Waals surface area contributed by atoms with E-state index in [1.165, 1.54) is 29.1 Å². The molecule has 0 saturated heterocycles. The van der Waals surface area contributed by atoms with Crippen LogP contribution >= 0.6 is 11.6 Å². The van der Waals surface area contributed by atoms with E-state index in [1.807, 2.05) is 37.3 Å². The van der Waals surface area contributed by atoms with Crippen molar-refractivity contribution in [2.75, 3.05) is 0 Å². The van der Waals surface area contributed by atoms with Gasteiger partial charge < -0.3 is 0 Å². The number of para-hydroxylation sites is 1. The van der Waals surface area contributed by atoms with Crippen molar-refractivity contribution in [2.24, 2.45) is 0 Å². The molecule has 0 bridgehead atoms. The Kier molecular flexibility index (Phi) is 4.40. The molecule has 2 aromatic heterocycles. The van der Waals surface area contributed by atoms with E-state index in [0.717, 1.165) is 5.69 Å². The molecule has 2 heterocycles. The number of aromatic nitrogens is 4. The van der Waals surface area contributed by atoms with Crippen LogP contribution in [0.2, 0.25) is 5.15 Å². The first-order valence-electron chi connectivity index (χ1n) is 8.38. The topological polar surface area (TPSA) is 95.8 Å². The molecular formula is C19H14ClN5O3. The summed E-state index contributed by atoms with van der Waals surface area (Å²) in [6, 6.07) is 13.4. The molecule has 0 radical (unpaired) electrons. The maximum Gasteiger partial charge on any atom is 0.271 e. The van der Waals surface area contributed by atoms with Gasteiger partial charge in [-0.05, 0) is 25.1 Å². The minimum atomic E-state index is -0.520. The Bertz CT molecular complexity index is 1260. The second kappa shape index (κ2) is 6.90. The van der Waals surface area contributed by atoms with Gasteiger partial charge in [-0.2, -0.15) is 5.10 Å². The van der Waals surface area contributed by atoms with E-state index in [9.17, 15) is 14.9 Å². The van der Waals surface area contributed by atoms with Gasteiger partial charge in [-0.25, -0.2) is 9.67 Å². The summed E-state index contributed by atoms with van der Waals surface area (Å²) in [5.74, 6) is 0. The van der Waals surface area contributed by atoms with Crippen molar-refractivity contribution in [2.45, 2.75) is 13.5 Å². The van der Waals surface area contributed by atoms with Crippen molar-refractivity contribution < 1.29 is 4.92 Å². The normalized spacial score (nSPS) is 11.1. The zero-order chi connectivity index (χ0) is 19.8. The van der Waals surface area contributed by atoms with Crippen molar-refractivity contribution in [3.8, 4) is 5.69 Å². The molecule has 28 heavy (non-hydrogen) atoms. The Morgan fingerprint density at radius 3 is 2.64 bits per heavy atom. The zero-order valence-corrected chi connectivity index (χ0v) is 15.5. The molecule has 0 unspecified atom stereocenters. The lowest BCUT2D eigenvalue weighted by molar-refractivity contribution is -0.384. The predicted molar refractivity (Wildman–Crippen MR) is 105 cm³/mol. The molecule has 0 spiro atoms. The number of non-ortho nitro benzene ring substituents is 1. The Morgan fingerprint density at radius 2 is 1.93 bits per heavy atom. The monoisotopic (exact) mass is 395 g/mol. The Hall–Kier alpha value is -3.52. The average molecular weight is 396 g/mol. The predicted octanol–water partition coefficient (Wildman–Crippen LogP) is 3.50. The van der Waals surface area contributed by atoms with E-state index in [4.69, 9.17) is 11.6 Å². The summed E-state index contributed by atoms with van der Waals surface area (Å²) in [4.78, 5) is 27.4. The molecule has 0 aliphatic heterocycles. The van der Waals surface area contributed by atoms with Gasteiger partial charge in [0, 0.05) is 17.7 Å². The van der Waals surface area contributed by atoms with Gasteiger partial charge in [-0.1, -0.05) is 29.8 Å². The number of hydrogen-bond acceptors (Lipinski definition) is 5. The van der Waals surface area contributed by atoms with Crippen LogP contribution in [0.3, 0.4) is 0 Å². The fourth-order valence-electron chi connectivity index (χ4n) is 2.99. The minimum Gasteiger partial charge on any atom is -0.294 e. The van der Waals surface area contributed by atoms with Crippen molar-refractivity contribution in [3.63, 3.8) is 0 Å². The number of hydrogen-bond donors (Lipinski definition) is 0. The first-order chi connectivity index (χ1) is 13.5. The van der Waals surface area contributed by atoms with E-state index in [0.29, 0.717) is 21.8 Å². The van der Waals surface area contributed by atoms with Crippen LogP contribution in [-0.4, -0.2) is 24.3 Å². The van der Waals surface area contributed by atoms with E-state index in [1.54, 1.807) is 4.68 Å². The molecule has 0 amide bonds. The summed E-state index contributed by atoms with van der Waals surface area (Å²) in [6.45, 7) is 2.01. The SMILES string of the molecule is Cc1nn(-c2ccccc2)c(Cl)c1Cn1cnc2cc([N+](=O)[O-])ccc2c1=O. The summed E-state index contributed by atoms with van der Waals surface area (Å²) in [5.41, 5.74) is 2.08. The number of nitro groups is 1. The molecule has 0 N–H and O–H groups in total. The first kappa shape index (κ1) is 17.9. The Morgan fingerprint density at radius 1 is 1.18 bits per heavy atom. The van der Waals surface area contributed by atoms with Crippen LogP contribution in [0.5, 0.6) is 0 Å². The zero-order valence-electron chi connectivity index (χ0n) is 14.7. The number of fused-ring (bicyclic) bond motifs is 1. The lowest BCUT2D eigenvalue weighted by Gasteiger charge is -2.07. The lowest BCUT2D eigenvalue weighted by Crippen LogP contribution is -2.21. The number of rotatable bonds is 4.